The normalized spacial score (nSPS) is 25.2. The van der Waals surface area contributed by atoms with Crippen LogP contribution in [0.2, 0.25) is 0 Å². The van der Waals surface area contributed by atoms with Crippen LogP contribution in [0.15, 0.2) is 78.9 Å². The zero-order valence-electron chi connectivity index (χ0n) is 22.8. The number of nitrogens with zero attached hydrogens (tertiary/aromatic N) is 2. The highest BCUT2D eigenvalue weighted by atomic mass is 16.2. The molecule has 3 aliphatic heterocycles. The van der Waals surface area contributed by atoms with E-state index >= 15 is 0 Å². The summed E-state index contributed by atoms with van der Waals surface area (Å²) in [5, 5.41) is 6.38. The quantitative estimate of drug-likeness (QED) is 0.464. The molecule has 4 amide bonds. The van der Waals surface area contributed by atoms with Crippen molar-refractivity contribution >= 4 is 40.7 Å². The molecule has 3 aromatic rings. The van der Waals surface area contributed by atoms with E-state index in [4.69, 9.17) is 0 Å². The third-order valence-corrected chi connectivity index (χ3v) is 8.24. The van der Waals surface area contributed by atoms with E-state index in [-0.39, 0.29) is 36.2 Å². The van der Waals surface area contributed by atoms with Crippen LogP contribution in [0.4, 0.5) is 17.1 Å². The Balaban J connectivity index is 1.40. The van der Waals surface area contributed by atoms with Gasteiger partial charge in [-0.1, -0.05) is 67.9 Å². The summed E-state index contributed by atoms with van der Waals surface area (Å²) in [5.74, 6) is -2.82. The number of fused-ring (bicyclic) bond motifs is 4. The summed E-state index contributed by atoms with van der Waals surface area (Å²) < 4.78 is 0. The first kappa shape index (κ1) is 26.0. The second-order valence-corrected chi connectivity index (χ2v) is 11.4. The summed E-state index contributed by atoms with van der Waals surface area (Å²) in [6, 6.07) is 23.2. The fourth-order valence-corrected chi connectivity index (χ4v) is 6.63. The Kier molecular flexibility index (Phi) is 6.30. The number of imide groups is 1. The van der Waals surface area contributed by atoms with E-state index in [9.17, 15) is 19.2 Å². The van der Waals surface area contributed by atoms with Gasteiger partial charge in [0.1, 0.15) is 12.1 Å². The summed E-state index contributed by atoms with van der Waals surface area (Å²) in [5.41, 5.74) is 1.96. The SMILES string of the molecule is Cc1ccc(NC(=O)CN2C(=O)[C@]3(N[C@@H](CC(C)C)[C@H]4C(=O)N(c5ccccc5)C(=O)[C@H]43)c3ccccc32)cc1. The predicted molar refractivity (Wildman–Crippen MR) is 153 cm³/mol. The Hall–Kier alpha value is -4.30. The van der Waals surface area contributed by atoms with Crippen LogP contribution in [-0.2, 0) is 24.7 Å². The number of carbonyl (C=O) groups excluding carboxylic acids is 4. The Labute approximate surface area is 233 Å². The molecule has 0 aliphatic carbocycles. The molecule has 0 radical (unpaired) electrons. The van der Waals surface area contributed by atoms with Gasteiger partial charge in [-0.15, -0.1) is 0 Å². The highest BCUT2D eigenvalue weighted by Crippen LogP contribution is 2.55. The van der Waals surface area contributed by atoms with Gasteiger partial charge in [-0.2, -0.15) is 0 Å². The van der Waals surface area contributed by atoms with Gasteiger partial charge in [-0.3, -0.25) is 24.5 Å². The number of hydrogen-bond acceptors (Lipinski definition) is 5. The van der Waals surface area contributed by atoms with Gasteiger partial charge < -0.3 is 10.2 Å². The van der Waals surface area contributed by atoms with Gasteiger partial charge in [-0.25, -0.2) is 4.90 Å². The molecular weight excluding hydrogens is 504 g/mol. The van der Waals surface area contributed by atoms with E-state index in [0.29, 0.717) is 29.0 Å². The Bertz CT molecular complexity index is 1500. The van der Waals surface area contributed by atoms with Gasteiger partial charge in [0.15, 0.2) is 0 Å². The number of aryl methyl sites for hydroxylation is 1. The van der Waals surface area contributed by atoms with Gasteiger partial charge in [0.2, 0.25) is 17.7 Å². The van der Waals surface area contributed by atoms with Crippen LogP contribution in [0.25, 0.3) is 0 Å². The number of para-hydroxylation sites is 2. The predicted octanol–water partition coefficient (Wildman–Crippen LogP) is 4.00. The minimum atomic E-state index is -1.44. The zero-order valence-corrected chi connectivity index (χ0v) is 22.8. The smallest absolute Gasteiger partial charge is 0.253 e. The molecule has 2 saturated heterocycles. The molecule has 0 saturated carbocycles. The molecule has 3 aromatic carbocycles. The fourth-order valence-electron chi connectivity index (χ4n) is 6.63. The second-order valence-electron chi connectivity index (χ2n) is 11.4. The number of carbonyl (C=O) groups is 4. The monoisotopic (exact) mass is 536 g/mol. The molecule has 204 valence electrons. The molecule has 0 bridgehead atoms. The molecule has 6 rings (SSSR count). The summed E-state index contributed by atoms with van der Waals surface area (Å²) in [7, 11) is 0. The molecule has 8 nitrogen and oxygen atoms in total. The van der Waals surface area contributed by atoms with Crippen LogP contribution in [0.3, 0.4) is 0 Å². The van der Waals surface area contributed by atoms with Crippen molar-refractivity contribution in [1.29, 1.82) is 0 Å². The molecule has 40 heavy (non-hydrogen) atoms. The first-order valence-electron chi connectivity index (χ1n) is 13.7. The number of benzene rings is 3. The molecule has 8 heteroatoms. The Morgan fingerprint density at radius 1 is 0.925 bits per heavy atom. The molecule has 0 unspecified atom stereocenters. The van der Waals surface area contributed by atoms with Crippen molar-refractivity contribution in [2.24, 2.45) is 17.8 Å². The van der Waals surface area contributed by atoms with E-state index in [1.165, 1.54) is 9.80 Å². The summed E-state index contributed by atoms with van der Waals surface area (Å²) in [6.07, 6.45) is 0.619. The second kappa shape index (κ2) is 9.71. The van der Waals surface area contributed by atoms with Crippen LogP contribution in [-0.4, -0.2) is 36.2 Å². The third-order valence-electron chi connectivity index (χ3n) is 8.24. The fraction of sp³-hybridized carbons (Fsp3) is 0.312. The van der Waals surface area contributed by atoms with Gasteiger partial charge >= 0.3 is 0 Å². The summed E-state index contributed by atoms with van der Waals surface area (Å²) in [4.78, 5) is 58.4. The molecule has 3 heterocycles. The number of anilines is 3. The standard InChI is InChI=1S/C32H32N4O4/c1-19(2)17-24-27-28(30(39)36(29(27)38)22-9-5-4-6-10-22)32(34-24)23-11-7-8-12-25(23)35(31(32)40)18-26(37)33-21-15-13-20(3)14-16-21/h4-16,19,24,27-28,34H,17-18H2,1-3H3,(H,33,37)/t24-,27+,28-,32-/m0/s1. The average Bonchev–Trinajstić information content (AvgIpc) is 3.49. The van der Waals surface area contributed by atoms with Crippen molar-refractivity contribution < 1.29 is 19.2 Å². The minimum Gasteiger partial charge on any atom is -0.325 e. The molecular formula is C32H32N4O4. The maximum absolute atomic E-state index is 14.5. The van der Waals surface area contributed by atoms with E-state index in [1.807, 2.05) is 55.5 Å². The summed E-state index contributed by atoms with van der Waals surface area (Å²) >= 11 is 0. The largest absolute Gasteiger partial charge is 0.325 e. The number of nitrogens with one attached hydrogen (secondary N) is 2. The van der Waals surface area contributed by atoms with Gasteiger partial charge in [0.25, 0.3) is 5.91 Å². The molecule has 0 aromatic heterocycles. The lowest BCUT2D eigenvalue weighted by Crippen LogP contribution is -2.56. The van der Waals surface area contributed by atoms with Crippen LogP contribution in [0.5, 0.6) is 0 Å². The van der Waals surface area contributed by atoms with Crippen molar-refractivity contribution in [2.75, 3.05) is 21.7 Å². The summed E-state index contributed by atoms with van der Waals surface area (Å²) in [6.45, 7) is 5.87. The molecule has 4 atom stereocenters. The Morgan fingerprint density at radius 2 is 1.60 bits per heavy atom. The average molecular weight is 537 g/mol. The first-order valence-corrected chi connectivity index (χ1v) is 13.7. The van der Waals surface area contributed by atoms with Gasteiger partial charge in [0, 0.05) is 23.0 Å². The lowest BCUT2D eigenvalue weighted by Gasteiger charge is -2.31. The minimum absolute atomic E-state index is 0.218. The van der Waals surface area contributed by atoms with Crippen LogP contribution in [0.1, 0.15) is 31.4 Å². The number of rotatable bonds is 6. The zero-order chi connectivity index (χ0) is 28.2. The molecule has 2 N–H and O–H groups in total. The molecule has 2 fully saturated rings. The van der Waals surface area contributed by atoms with Gasteiger partial charge in [-0.05, 0) is 49.6 Å². The third kappa shape index (κ3) is 3.93. The highest BCUT2D eigenvalue weighted by molar-refractivity contribution is 6.26. The highest BCUT2D eigenvalue weighted by Gasteiger charge is 2.71. The van der Waals surface area contributed by atoms with Crippen molar-refractivity contribution in [3.63, 3.8) is 0 Å². The lowest BCUT2D eigenvalue weighted by atomic mass is 9.76. The van der Waals surface area contributed by atoms with Crippen LogP contribution >= 0.6 is 0 Å². The van der Waals surface area contributed by atoms with Crippen molar-refractivity contribution in [2.45, 2.75) is 38.8 Å². The maximum Gasteiger partial charge on any atom is 0.253 e. The van der Waals surface area contributed by atoms with Crippen molar-refractivity contribution in [3.8, 4) is 0 Å². The van der Waals surface area contributed by atoms with E-state index in [2.05, 4.69) is 24.5 Å². The van der Waals surface area contributed by atoms with E-state index in [1.54, 1.807) is 30.3 Å². The number of amides is 4. The topological polar surface area (TPSA) is 98.8 Å². The first-order chi connectivity index (χ1) is 19.2. The van der Waals surface area contributed by atoms with Crippen LogP contribution in [0, 0.1) is 24.7 Å². The van der Waals surface area contributed by atoms with E-state index in [0.717, 1.165) is 5.56 Å². The molecule has 1 spiro atoms. The lowest BCUT2D eigenvalue weighted by molar-refractivity contribution is -0.132. The molecule has 3 aliphatic rings. The van der Waals surface area contributed by atoms with Gasteiger partial charge in [0.05, 0.1) is 17.5 Å². The maximum atomic E-state index is 14.5. The van der Waals surface area contributed by atoms with E-state index < -0.39 is 23.3 Å². The Morgan fingerprint density at radius 3 is 2.30 bits per heavy atom. The van der Waals surface area contributed by atoms with Crippen molar-refractivity contribution in [3.05, 3.63) is 90.0 Å². The van der Waals surface area contributed by atoms with Crippen LogP contribution < -0.4 is 20.4 Å². The number of hydrogen-bond donors (Lipinski definition) is 2. The van der Waals surface area contributed by atoms with Crippen molar-refractivity contribution in [1.82, 2.24) is 5.32 Å².